The van der Waals surface area contributed by atoms with Crippen molar-refractivity contribution in [3.8, 4) is 0 Å². The van der Waals surface area contributed by atoms with Crippen LogP contribution in [0.15, 0.2) is 33.4 Å². The molecular formula is C13H14BrN3O2S. The molecule has 0 saturated heterocycles. The maximum Gasteiger partial charge on any atom is 0.315 e. The van der Waals surface area contributed by atoms with Gasteiger partial charge in [0.1, 0.15) is 11.4 Å². The number of hydrogen-bond acceptors (Lipinski definition) is 5. The first kappa shape index (κ1) is 14.8. The molecule has 0 aliphatic carbocycles. The van der Waals surface area contributed by atoms with Crippen molar-refractivity contribution in [3.63, 3.8) is 0 Å². The second-order valence-electron chi connectivity index (χ2n) is 4.30. The van der Waals surface area contributed by atoms with Crippen LogP contribution in [-0.4, -0.2) is 19.0 Å². The lowest BCUT2D eigenvalue weighted by atomic mass is 10.2. The maximum absolute atomic E-state index is 11.3. The Bertz CT molecular complexity index is 630. The highest BCUT2D eigenvalue weighted by Gasteiger charge is 2.21. The van der Waals surface area contributed by atoms with E-state index in [1.165, 1.54) is 0 Å². The Kier molecular flexibility index (Phi) is 4.61. The van der Waals surface area contributed by atoms with Crippen LogP contribution in [-0.2, 0) is 6.54 Å². The molecule has 0 unspecified atom stereocenters. The van der Waals surface area contributed by atoms with Crippen molar-refractivity contribution in [2.75, 3.05) is 24.3 Å². The zero-order chi connectivity index (χ0) is 14.7. The molecule has 2 aromatic rings. The molecule has 0 bridgehead atoms. The molecule has 20 heavy (non-hydrogen) atoms. The minimum atomic E-state index is -0.346. The summed E-state index contributed by atoms with van der Waals surface area (Å²) in [5.74, 6) is 0. The van der Waals surface area contributed by atoms with Crippen molar-refractivity contribution in [2.24, 2.45) is 0 Å². The Morgan fingerprint density at radius 3 is 2.80 bits per heavy atom. The first-order chi connectivity index (χ1) is 9.52. The largest absolute Gasteiger partial charge is 0.382 e. The second-order valence-corrected chi connectivity index (χ2v) is 6.59. The monoisotopic (exact) mass is 355 g/mol. The van der Waals surface area contributed by atoms with Gasteiger partial charge in [-0.15, -0.1) is 11.3 Å². The number of para-hydroxylation sites is 1. The number of anilines is 2. The smallest absolute Gasteiger partial charge is 0.315 e. The van der Waals surface area contributed by atoms with E-state index in [4.69, 9.17) is 0 Å². The molecule has 7 heteroatoms. The number of nitro benzene ring substituents is 1. The van der Waals surface area contributed by atoms with Crippen LogP contribution in [0, 0.1) is 10.1 Å². The zero-order valence-corrected chi connectivity index (χ0v) is 13.5. The van der Waals surface area contributed by atoms with Crippen LogP contribution in [0.2, 0.25) is 0 Å². The summed E-state index contributed by atoms with van der Waals surface area (Å²) in [7, 11) is 3.54. The lowest BCUT2D eigenvalue weighted by Gasteiger charge is -2.19. The number of rotatable bonds is 5. The highest BCUT2D eigenvalue weighted by molar-refractivity contribution is 9.11. The van der Waals surface area contributed by atoms with Gasteiger partial charge in [-0.3, -0.25) is 10.1 Å². The molecule has 0 aliphatic heterocycles. The Hall–Kier alpha value is -1.60. The van der Waals surface area contributed by atoms with Gasteiger partial charge in [0.15, 0.2) is 0 Å². The standard InChI is InChI=1S/C13H14BrN3O2S/c1-15-10-4-3-5-11(13(10)17(18)19)16(2)7-9-6-12(14)20-8-9/h3-6,8,15H,7H2,1-2H3. The summed E-state index contributed by atoms with van der Waals surface area (Å²) in [5, 5.41) is 16.2. The molecule has 106 valence electrons. The summed E-state index contributed by atoms with van der Waals surface area (Å²) in [6, 6.07) is 7.31. The molecule has 1 aromatic carbocycles. The maximum atomic E-state index is 11.3. The predicted molar refractivity (Wildman–Crippen MR) is 86.8 cm³/mol. The number of thiophene rings is 1. The van der Waals surface area contributed by atoms with Crippen LogP contribution in [0.25, 0.3) is 0 Å². The predicted octanol–water partition coefficient (Wildman–Crippen LogP) is 4.10. The topological polar surface area (TPSA) is 58.4 Å². The first-order valence-electron chi connectivity index (χ1n) is 5.92. The molecule has 2 rings (SSSR count). The van der Waals surface area contributed by atoms with Gasteiger partial charge in [-0.1, -0.05) is 6.07 Å². The Labute approximate surface area is 129 Å². The fourth-order valence-corrected chi connectivity index (χ4v) is 3.22. The van der Waals surface area contributed by atoms with Crippen LogP contribution < -0.4 is 10.2 Å². The third-order valence-electron chi connectivity index (χ3n) is 2.92. The van der Waals surface area contributed by atoms with Crippen molar-refractivity contribution in [1.82, 2.24) is 0 Å². The highest BCUT2D eigenvalue weighted by atomic mass is 79.9. The van der Waals surface area contributed by atoms with Crippen LogP contribution in [0.5, 0.6) is 0 Å². The van der Waals surface area contributed by atoms with Gasteiger partial charge < -0.3 is 10.2 Å². The average Bonchev–Trinajstić information content (AvgIpc) is 2.82. The summed E-state index contributed by atoms with van der Waals surface area (Å²) in [4.78, 5) is 12.8. The van der Waals surface area contributed by atoms with Gasteiger partial charge in [-0.05, 0) is 45.1 Å². The summed E-state index contributed by atoms with van der Waals surface area (Å²) in [6.45, 7) is 0.621. The number of nitrogens with zero attached hydrogens (tertiary/aromatic N) is 2. The lowest BCUT2D eigenvalue weighted by Crippen LogP contribution is -2.17. The molecule has 1 aromatic heterocycles. The minimum Gasteiger partial charge on any atom is -0.382 e. The minimum absolute atomic E-state index is 0.104. The summed E-state index contributed by atoms with van der Waals surface area (Å²) < 4.78 is 1.05. The molecular weight excluding hydrogens is 342 g/mol. The molecule has 0 amide bonds. The van der Waals surface area contributed by atoms with Crippen molar-refractivity contribution < 1.29 is 4.92 Å². The van der Waals surface area contributed by atoms with Gasteiger partial charge in [-0.25, -0.2) is 0 Å². The van der Waals surface area contributed by atoms with Gasteiger partial charge in [0, 0.05) is 20.6 Å². The van der Waals surface area contributed by atoms with E-state index in [2.05, 4.69) is 21.2 Å². The van der Waals surface area contributed by atoms with E-state index in [9.17, 15) is 10.1 Å². The Morgan fingerprint density at radius 2 is 2.25 bits per heavy atom. The van der Waals surface area contributed by atoms with Gasteiger partial charge in [0.05, 0.1) is 8.71 Å². The number of halogens is 1. The SMILES string of the molecule is CNc1cccc(N(C)Cc2csc(Br)c2)c1[N+](=O)[O-]. The molecule has 0 spiro atoms. The van der Waals surface area contributed by atoms with E-state index in [1.54, 1.807) is 30.5 Å². The number of nitro groups is 1. The summed E-state index contributed by atoms with van der Waals surface area (Å²) in [5.41, 5.74) is 2.34. The molecule has 0 radical (unpaired) electrons. The Balaban J connectivity index is 2.34. The van der Waals surface area contributed by atoms with Crippen molar-refractivity contribution in [3.05, 3.63) is 49.1 Å². The molecule has 0 atom stereocenters. The second kappa shape index (κ2) is 6.23. The molecule has 0 saturated carbocycles. The third-order valence-corrected chi connectivity index (χ3v) is 4.47. The van der Waals surface area contributed by atoms with Crippen LogP contribution in [0.3, 0.4) is 0 Å². The van der Waals surface area contributed by atoms with Crippen molar-refractivity contribution >= 4 is 44.3 Å². The molecule has 0 aliphatic rings. The molecule has 0 fully saturated rings. The van der Waals surface area contributed by atoms with Gasteiger partial charge >= 0.3 is 5.69 Å². The average molecular weight is 356 g/mol. The molecule has 1 heterocycles. The summed E-state index contributed by atoms with van der Waals surface area (Å²) >= 11 is 5.02. The van der Waals surface area contributed by atoms with Crippen molar-refractivity contribution in [1.29, 1.82) is 0 Å². The van der Waals surface area contributed by atoms with E-state index in [0.29, 0.717) is 17.9 Å². The lowest BCUT2D eigenvalue weighted by molar-refractivity contribution is -0.383. The fourth-order valence-electron chi connectivity index (χ4n) is 2.02. The normalized spacial score (nSPS) is 10.3. The third kappa shape index (κ3) is 3.10. The molecule has 1 N–H and O–H groups in total. The quantitative estimate of drug-likeness (QED) is 0.647. The van der Waals surface area contributed by atoms with Crippen LogP contribution in [0.1, 0.15) is 5.56 Å². The van der Waals surface area contributed by atoms with E-state index < -0.39 is 0 Å². The van der Waals surface area contributed by atoms with Crippen LogP contribution >= 0.6 is 27.3 Å². The van der Waals surface area contributed by atoms with E-state index >= 15 is 0 Å². The van der Waals surface area contributed by atoms with Crippen molar-refractivity contribution in [2.45, 2.75) is 6.54 Å². The van der Waals surface area contributed by atoms with Gasteiger partial charge in [0.2, 0.25) is 0 Å². The van der Waals surface area contributed by atoms with E-state index in [1.807, 2.05) is 29.5 Å². The molecule has 5 nitrogen and oxygen atoms in total. The zero-order valence-electron chi connectivity index (χ0n) is 11.1. The number of hydrogen-bond donors (Lipinski definition) is 1. The Morgan fingerprint density at radius 1 is 1.50 bits per heavy atom. The summed E-state index contributed by atoms with van der Waals surface area (Å²) in [6.07, 6.45) is 0. The van der Waals surface area contributed by atoms with Gasteiger partial charge in [-0.2, -0.15) is 0 Å². The van der Waals surface area contributed by atoms with Crippen LogP contribution in [0.4, 0.5) is 17.1 Å². The number of benzene rings is 1. The fraction of sp³-hybridized carbons (Fsp3) is 0.231. The highest BCUT2D eigenvalue weighted by Crippen LogP contribution is 2.35. The van der Waals surface area contributed by atoms with Gasteiger partial charge in [0.25, 0.3) is 0 Å². The van der Waals surface area contributed by atoms with E-state index in [-0.39, 0.29) is 10.6 Å². The first-order valence-corrected chi connectivity index (χ1v) is 7.59. The number of nitrogens with one attached hydrogen (secondary N) is 1. The van der Waals surface area contributed by atoms with E-state index in [0.717, 1.165) is 9.35 Å².